The second kappa shape index (κ2) is 32.8. The van der Waals surface area contributed by atoms with E-state index in [9.17, 15) is 52.2 Å². The van der Waals surface area contributed by atoms with Gasteiger partial charge in [0.05, 0.1) is 44.1 Å². The molecule has 112 heavy (non-hydrogen) atoms. The van der Waals surface area contributed by atoms with E-state index in [2.05, 4.69) is 97.1 Å². The van der Waals surface area contributed by atoms with Gasteiger partial charge in [-0.05, 0) is 265 Å². The maximum absolute atomic E-state index is 13.4. The van der Waals surface area contributed by atoms with Crippen LogP contribution in [0.25, 0.3) is 90.2 Å². The van der Waals surface area contributed by atoms with Crippen molar-refractivity contribution in [1.29, 1.82) is 0 Å². The fourth-order valence-electron chi connectivity index (χ4n) is 13.7. The van der Waals surface area contributed by atoms with Crippen molar-refractivity contribution < 1.29 is 13.9 Å². The van der Waals surface area contributed by atoms with Crippen molar-refractivity contribution in [2.75, 3.05) is 0 Å². The molecule has 0 fully saturated rings. The first-order valence-corrected chi connectivity index (χ1v) is 36.7. The molecular weight excluding hydrogens is 1430 g/mol. The second-order valence-electron chi connectivity index (χ2n) is 28.3. The van der Waals surface area contributed by atoms with Gasteiger partial charge in [0.2, 0.25) is 0 Å². The molecule has 25 nitrogen and oxygen atoms in total. The van der Waals surface area contributed by atoms with Gasteiger partial charge in [-0.3, -0.25) is 39.1 Å². The zero-order valence-corrected chi connectivity index (χ0v) is 63.2. The van der Waals surface area contributed by atoms with Gasteiger partial charge >= 0.3 is 22.8 Å². The minimum atomic E-state index is -0.693. The van der Waals surface area contributed by atoms with Crippen molar-refractivity contribution in [3.63, 3.8) is 0 Å². The molecule has 16 rings (SSSR count). The zero-order valence-electron chi connectivity index (χ0n) is 63.2. The van der Waals surface area contributed by atoms with Gasteiger partial charge < -0.3 is 23.4 Å². The Bertz CT molecular complexity index is 6260. The van der Waals surface area contributed by atoms with Crippen LogP contribution in [-0.2, 0) is 51.9 Å². The Kier molecular flexibility index (Phi) is 22.5. The number of nitrogens with zero attached hydrogens (tertiary/aromatic N) is 12. The summed E-state index contributed by atoms with van der Waals surface area (Å²) in [7, 11) is 0. The van der Waals surface area contributed by atoms with Gasteiger partial charge in [-0.15, -0.1) is 0 Å². The van der Waals surface area contributed by atoms with Crippen molar-refractivity contribution >= 4 is 44.1 Å². The third-order valence-electron chi connectivity index (χ3n) is 20.1. The Hall–Kier alpha value is -13.5. The molecule has 8 aliphatic heterocycles. The number of hydrogen-bond acceptors (Lipinski definition) is 17. The van der Waals surface area contributed by atoms with Crippen LogP contribution in [0, 0.1) is 73.9 Å². The Morgan fingerprint density at radius 2 is 0.580 bits per heavy atom. The van der Waals surface area contributed by atoms with Crippen molar-refractivity contribution in [2.45, 2.75) is 140 Å². The molecule has 0 spiro atoms. The topological polar surface area (TPSA) is 343 Å². The molecule has 8 aromatic rings. The molecule has 8 aliphatic rings. The summed E-state index contributed by atoms with van der Waals surface area (Å²) in [6.07, 6.45) is 6.07. The molecule has 0 unspecified atom stereocenters. The summed E-state index contributed by atoms with van der Waals surface area (Å²) in [4.78, 5) is 139. The number of aromatic hydroxyl groups is 1. The molecule has 0 saturated carbocycles. The fourth-order valence-corrected chi connectivity index (χ4v) is 13.7. The Balaban J connectivity index is 0.000000131. The average molecular weight is 1510 g/mol. The summed E-state index contributed by atoms with van der Waals surface area (Å²) >= 11 is 0. The maximum atomic E-state index is 13.4. The summed E-state index contributed by atoms with van der Waals surface area (Å²) in [6.45, 7) is 20.4. The molecule has 568 valence electrons. The van der Waals surface area contributed by atoms with E-state index < -0.39 is 45.0 Å². The van der Waals surface area contributed by atoms with E-state index in [1.54, 1.807) is 30.3 Å². The van der Waals surface area contributed by atoms with Crippen LogP contribution in [0.4, 0.5) is 8.78 Å². The number of phenolic OH excluding ortho intramolecular Hbond substituents is 1. The molecule has 0 aliphatic carbocycles. The smallest absolute Gasteiger partial charge is 0.349 e. The molecule has 0 amide bonds. The molecule has 0 bridgehead atoms. The minimum Gasteiger partial charge on any atom is -0.508 e. The SMILES string of the molecule is Cc1cc2nc3c(=O)[nH]c(=O)nc-3n(CCCc3ccc(F)cc3)c2cc1C.Cc1cc2nc3c(=O)[nH]c(=O)nc-3n(CCCc3cccc(F)c3)c2cc1C.Cc1cc2nc3c(=O)[nH]c(=O)nc-3n(CCCc3cccc(O)c3)c2cc1C.Cc1ccc(CCCn2c3nc(=O)[nH]c(=O)c-3nc3cc(C)c(C)cc32)cc1. The molecule has 0 aromatic heterocycles. The Morgan fingerprint density at radius 1 is 0.304 bits per heavy atom. The van der Waals surface area contributed by atoms with E-state index in [4.69, 9.17) is 0 Å². The van der Waals surface area contributed by atoms with E-state index >= 15 is 0 Å². The van der Waals surface area contributed by atoms with Gasteiger partial charge in [0.15, 0.2) is 46.1 Å². The normalized spacial score (nSPS) is 11.4. The van der Waals surface area contributed by atoms with Crippen LogP contribution in [0.2, 0.25) is 0 Å². The van der Waals surface area contributed by atoms with Gasteiger partial charge in [0, 0.05) is 26.2 Å². The van der Waals surface area contributed by atoms with Crippen LogP contribution in [0.3, 0.4) is 0 Å². The Labute approximate surface area is 637 Å². The van der Waals surface area contributed by atoms with Crippen molar-refractivity contribution in [3.8, 4) is 51.8 Å². The number of fused-ring (bicyclic) bond motifs is 8. The highest BCUT2D eigenvalue weighted by atomic mass is 19.1. The summed E-state index contributed by atoms with van der Waals surface area (Å²) in [5, 5.41) is 9.63. The lowest BCUT2D eigenvalue weighted by atomic mass is 10.1. The standard InChI is InChI=1S/C22H22N4O2.2C21H19FN4O2.C21H20N4O3/c1-13-6-8-16(9-7-13)5-4-10-26-18-12-15(3)14(2)11-17(18)23-19-20(26)24-22(28)25-21(19)27;1-12-9-16-17(10-13(12)2)26(8-4-6-14-5-3-7-15(22)11-14)19-18(23-16)20(27)25-21(28)24-19;1-12-10-16-17(11-13(12)2)26(9-3-4-14-5-7-15(22)8-6-14)19-18(23-16)20(27)25-21(28)24-19;1-12-9-16-17(10-13(12)2)25(8-4-6-14-5-3-7-15(26)11-14)19-18(22-16)20(27)24-21(28)23-19/h6-9,11-12H,4-5,10H2,1-3H3,(H,25,27,28);3,5,7,9-11H,4,6,8H2,1-2H3,(H,25,27,28);5-8,10-11H,3-4,9H2,1-2H3,(H,25,27,28);3,5,7,9-11,26H,4,6,8H2,1-2H3,(H,24,27,28). The zero-order chi connectivity index (χ0) is 79.3. The summed E-state index contributed by atoms with van der Waals surface area (Å²) < 4.78 is 34.1. The minimum absolute atomic E-state index is 0.140. The number of rotatable bonds is 16. The lowest BCUT2D eigenvalue weighted by Gasteiger charge is -2.17. The molecule has 8 heterocycles. The predicted octanol–water partition coefficient (Wildman–Crippen LogP) is 11.6. The number of phenols is 1. The van der Waals surface area contributed by atoms with Crippen LogP contribution in [-0.4, -0.2) is 83.2 Å². The number of benzene rings is 8. The number of hydrogen-bond donors (Lipinski definition) is 5. The first-order chi connectivity index (χ1) is 53.7. The molecule has 0 radical (unpaired) electrons. The van der Waals surface area contributed by atoms with E-state index in [0.717, 1.165) is 127 Å². The third-order valence-corrected chi connectivity index (χ3v) is 20.1. The number of H-pyrrole nitrogens is 4. The fraction of sp³-hybridized carbons (Fsp3) is 0.247. The highest BCUT2D eigenvalue weighted by Gasteiger charge is 2.24. The van der Waals surface area contributed by atoms with E-state index in [1.807, 2.05) is 134 Å². The molecule has 5 N–H and O–H groups in total. The Morgan fingerprint density at radius 3 is 0.884 bits per heavy atom. The number of halogens is 2. The van der Waals surface area contributed by atoms with Gasteiger partial charge in [0.25, 0.3) is 22.2 Å². The molecule has 0 atom stereocenters. The third kappa shape index (κ3) is 17.2. The van der Waals surface area contributed by atoms with Crippen LogP contribution in [0.15, 0.2) is 184 Å². The van der Waals surface area contributed by atoms with Crippen molar-refractivity contribution in [3.05, 3.63) is 313 Å². The molecular formula is C85H80F2N16O9. The van der Waals surface area contributed by atoms with Gasteiger partial charge in [-0.1, -0.05) is 66.2 Å². The molecule has 27 heteroatoms. The quantitative estimate of drug-likeness (QED) is 0.0561. The molecule has 8 aromatic carbocycles. The van der Waals surface area contributed by atoms with Gasteiger partial charge in [0.1, 0.15) is 17.4 Å². The number of aromatic amines is 4. The van der Waals surface area contributed by atoms with Crippen LogP contribution in [0.5, 0.6) is 5.75 Å². The lowest BCUT2D eigenvalue weighted by molar-refractivity contribution is 0.474. The van der Waals surface area contributed by atoms with E-state index in [-0.39, 0.29) is 51.8 Å². The van der Waals surface area contributed by atoms with Gasteiger partial charge in [-0.2, -0.15) is 19.9 Å². The van der Waals surface area contributed by atoms with Crippen LogP contribution >= 0.6 is 0 Å². The van der Waals surface area contributed by atoms with Crippen LogP contribution in [0.1, 0.15) is 98.0 Å². The highest BCUT2D eigenvalue weighted by Crippen LogP contribution is 2.30. The number of aromatic nitrogens is 16. The number of aryl methyl sites for hydroxylation is 17. The largest absolute Gasteiger partial charge is 0.508 e. The van der Waals surface area contributed by atoms with Crippen molar-refractivity contribution in [2.24, 2.45) is 0 Å². The first kappa shape index (κ1) is 76.7. The average Bonchev–Trinajstić information content (AvgIpc) is 0.774. The predicted molar refractivity (Wildman–Crippen MR) is 427 cm³/mol. The monoisotopic (exact) mass is 1510 g/mol. The molecule has 0 saturated heterocycles. The van der Waals surface area contributed by atoms with Crippen molar-refractivity contribution in [1.82, 2.24) is 78.1 Å². The van der Waals surface area contributed by atoms with Crippen LogP contribution < -0.4 is 45.0 Å². The maximum Gasteiger partial charge on any atom is 0.349 e. The first-order valence-electron chi connectivity index (χ1n) is 36.7. The van der Waals surface area contributed by atoms with E-state index in [1.165, 1.54) is 35.4 Å². The number of nitrogens with one attached hydrogen (secondary N) is 4. The van der Waals surface area contributed by atoms with E-state index in [0.29, 0.717) is 67.2 Å². The highest BCUT2D eigenvalue weighted by molar-refractivity contribution is 5.84. The summed E-state index contributed by atoms with van der Waals surface area (Å²) in [5.74, 6) is 0.892. The second-order valence-corrected chi connectivity index (χ2v) is 28.3. The summed E-state index contributed by atoms with van der Waals surface area (Å²) in [6, 6.07) is 44.4. The summed E-state index contributed by atoms with van der Waals surface area (Å²) in [5.41, 5.74) is 16.1. The lowest BCUT2D eigenvalue weighted by Crippen LogP contribution is -2.29. The van der Waals surface area contributed by atoms with Gasteiger partial charge in [-0.25, -0.2) is 47.9 Å².